The molecule has 0 saturated carbocycles. The molecule has 1 aromatic rings. The number of benzene rings is 1. The Hall–Kier alpha value is -0.860. The van der Waals surface area contributed by atoms with Crippen LogP contribution in [0.2, 0.25) is 0 Å². The average molecular weight is 234 g/mol. The largest absolute Gasteiger partial charge is 0.313 e. The van der Waals surface area contributed by atoms with Crippen LogP contribution in [0, 0.1) is 5.92 Å². The molecule has 0 aromatic heterocycles. The minimum Gasteiger partial charge on any atom is -0.313 e. The fourth-order valence-corrected chi connectivity index (χ4v) is 2.23. The van der Waals surface area contributed by atoms with Gasteiger partial charge in [-0.2, -0.15) is 0 Å². The zero-order valence-corrected chi connectivity index (χ0v) is 11.6. The second-order valence-electron chi connectivity index (χ2n) is 5.20. The van der Waals surface area contributed by atoms with Gasteiger partial charge in [0.25, 0.3) is 0 Å². The fourth-order valence-electron chi connectivity index (χ4n) is 2.23. The summed E-state index contributed by atoms with van der Waals surface area (Å²) in [5.41, 5.74) is 1.38. The van der Waals surface area contributed by atoms with E-state index >= 15 is 0 Å². The van der Waals surface area contributed by atoms with Crippen molar-refractivity contribution in [2.24, 2.45) is 5.92 Å². The molecule has 0 amide bonds. The quantitative estimate of drug-likeness (QED) is 0.780. The van der Waals surface area contributed by atoms with Crippen LogP contribution < -0.4 is 5.32 Å². The number of hydrogen-bond donors (Lipinski definition) is 1. The van der Waals surface area contributed by atoms with Crippen molar-refractivity contribution in [1.29, 1.82) is 0 Å². The highest BCUT2D eigenvalue weighted by atomic mass is 15.1. The monoisotopic (exact) mass is 234 g/mol. The van der Waals surface area contributed by atoms with E-state index in [9.17, 15) is 0 Å². The number of hydrogen-bond acceptors (Lipinski definition) is 2. The molecule has 0 spiro atoms. The third-order valence-corrected chi connectivity index (χ3v) is 3.03. The second kappa shape index (κ2) is 7.46. The Balaban J connectivity index is 2.43. The van der Waals surface area contributed by atoms with E-state index in [1.54, 1.807) is 0 Å². The maximum absolute atomic E-state index is 3.40. The summed E-state index contributed by atoms with van der Waals surface area (Å²) in [5, 5.41) is 3.40. The Kier molecular flexibility index (Phi) is 6.23. The minimum absolute atomic E-state index is 0.464. The lowest BCUT2D eigenvalue weighted by molar-refractivity contribution is 0.279. The van der Waals surface area contributed by atoms with Crippen molar-refractivity contribution in [1.82, 2.24) is 10.2 Å². The Morgan fingerprint density at radius 3 is 2.35 bits per heavy atom. The summed E-state index contributed by atoms with van der Waals surface area (Å²) in [6.07, 6.45) is 1.16. The molecule has 2 nitrogen and oxygen atoms in total. The summed E-state index contributed by atoms with van der Waals surface area (Å²) in [5.74, 6) is 0.741. The van der Waals surface area contributed by atoms with E-state index < -0.39 is 0 Å². The number of rotatable bonds is 7. The van der Waals surface area contributed by atoms with Gasteiger partial charge in [-0.25, -0.2) is 0 Å². The molecule has 1 unspecified atom stereocenters. The maximum Gasteiger partial charge on any atom is 0.0329 e. The SMILES string of the molecule is CNC(CCN(C)CC(C)C)c1ccccc1. The van der Waals surface area contributed by atoms with Crippen LogP contribution in [0.1, 0.15) is 31.9 Å². The number of nitrogens with zero attached hydrogens (tertiary/aromatic N) is 1. The van der Waals surface area contributed by atoms with Crippen molar-refractivity contribution in [2.75, 3.05) is 27.2 Å². The van der Waals surface area contributed by atoms with E-state index in [4.69, 9.17) is 0 Å². The average Bonchev–Trinajstić information content (AvgIpc) is 2.30. The topological polar surface area (TPSA) is 15.3 Å². The van der Waals surface area contributed by atoms with Crippen LogP contribution in [0.15, 0.2) is 30.3 Å². The van der Waals surface area contributed by atoms with Crippen LogP contribution in [-0.2, 0) is 0 Å². The van der Waals surface area contributed by atoms with Crippen LogP contribution in [0.25, 0.3) is 0 Å². The van der Waals surface area contributed by atoms with Gasteiger partial charge in [0.15, 0.2) is 0 Å². The van der Waals surface area contributed by atoms with Gasteiger partial charge in [-0.1, -0.05) is 44.2 Å². The Labute approximate surface area is 106 Å². The lowest BCUT2D eigenvalue weighted by Gasteiger charge is -2.23. The maximum atomic E-state index is 3.40. The van der Waals surface area contributed by atoms with Crippen molar-refractivity contribution < 1.29 is 0 Å². The molecule has 0 saturated heterocycles. The van der Waals surface area contributed by atoms with Gasteiger partial charge >= 0.3 is 0 Å². The van der Waals surface area contributed by atoms with Gasteiger partial charge in [-0.15, -0.1) is 0 Å². The summed E-state index contributed by atoms with van der Waals surface area (Å²) in [4.78, 5) is 2.41. The smallest absolute Gasteiger partial charge is 0.0329 e. The fraction of sp³-hybridized carbons (Fsp3) is 0.600. The molecular weight excluding hydrogens is 208 g/mol. The van der Waals surface area contributed by atoms with Gasteiger partial charge < -0.3 is 10.2 Å². The Bertz CT molecular complexity index is 295. The van der Waals surface area contributed by atoms with Crippen molar-refractivity contribution in [2.45, 2.75) is 26.3 Å². The Morgan fingerprint density at radius 1 is 1.18 bits per heavy atom. The predicted octanol–water partition coefficient (Wildman–Crippen LogP) is 2.93. The van der Waals surface area contributed by atoms with Gasteiger partial charge in [0.05, 0.1) is 0 Å². The predicted molar refractivity (Wildman–Crippen MR) is 75.2 cm³/mol. The molecule has 1 rings (SSSR count). The van der Waals surface area contributed by atoms with Gasteiger partial charge in [0.1, 0.15) is 0 Å². The van der Waals surface area contributed by atoms with Crippen LogP contribution in [0.5, 0.6) is 0 Å². The van der Waals surface area contributed by atoms with Crippen LogP contribution in [0.3, 0.4) is 0 Å². The highest BCUT2D eigenvalue weighted by Gasteiger charge is 2.10. The summed E-state index contributed by atoms with van der Waals surface area (Å²) < 4.78 is 0. The zero-order valence-electron chi connectivity index (χ0n) is 11.6. The van der Waals surface area contributed by atoms with E-state index in [1.807, 2.05) is 7.05 Å². The molecule has 1 aromatic carbocycles. The number of nitrogens with one attached hydrogen (secondary N) is 1. The molecule has 2 heteroatoms. The van der Waals surface area contributed by atoms with Crippen molar-refractivity contribution in [3.8, 4) is 0 Å². The summed E-state index contributed by atoms with van der Waals surface area (Å²) >= 11 is 0. The Morgan fingerprint density at radius 2 is 1.82 bits per heavy atom. The van der Waals surface area contributed by atoms with Crippen LogP contribution >= 0.6 is 0 Å². The molecule has 96 valence electrons. The first-order chi connectivity index (χ1) is 8.13. The molecular formula is C15H26N2. The molecule has 0 heterocycles. The summed E-state index contributed by atoms with van der Waals surface area (Å²) in [6.45, 7) is 6.84. The highest BCUT2D eigenvalue weighted by molar-refractivity contribution is 5.18. The summed E-state index contributed by atoms with van der Waals surface area (Å²) in [6, 6.07) is 11.1. The first kappa shape index (κ1) is 14.2. The zero-order chi connectivity index (χ0) is 12.7. The van der Waals surface area contributed by atoms with E-state index in [0.717, 1.165) is 18.9 Å². The lowest BCUT2D eigenvalue weighted by atomic mass is 10.0. The van der Waals surface area contributed by atoms with Crippen LogP contribution in [0.4, 0.5) is 0 Å². The molecule has 1 atom stereocenters. The second-order valence-corrected chi connectivity index (χ2v) is 5.20. The van der Waals surface area contributed by atoms with Gasteiger partial charge in [0, 0.05) is 12.6 Å². The van der Waals surface area contributed by atoms with E-state index in [-0.39, 0.29) is 0 Å². The van der Waals surface area contributed by atoms with E-state index in [0.29, 0.717) is 6.04 Å². The lowest BCUT2D eigenvalue weighted by Crippen LogP contribution is -2.28. The summed E-state index contributed by atoms with van der Waals surface area (Å²) in [7, 11) is 4.25. The molecule has 0 aliphatic rings. The van der Waals surface area contributed by atoms with Crippen LogP contribution in [-0.4, -0.2) is 32.1 Å². The van der Waals surface area contributed by atoms with E-state index in [1.165, 1.54) is 12.1 Å². The molecule has 1 N–H and O–H groups in total. The van der Waals surface area contributed by atoms with Gasteiger partial charge in [0.2, 0.25) is 0 Å². The van der Waals surface area contributed by atoms with Crippen molar-refractivity contribution in [3.05, 3.63) is 35.9 Å². The molecule has 17 heavy (non-hydrogen) atoms. The minimum atomic E-state index is 0.464. The third kappa shape index (κ3) is 5.33. The van der Waals surface area contributed by atoms with Gasteiger partial charge in [-0.3, -0.25) is 0 Å². The first-order valence-corrected chi connectivity index (χ1v) is 6.54. The van der Waals surface area contributed by atoms with Crippen molar-refractivity contribution in [3.63, 3.8) is 0 Å². The van der Waals surface area contributed by atoms with Gasteiger partial charge in [-0.05, 0) is 38.5 Å². The first-order valence-electron chi connectivity index (χ1n) is 6.54. The standard InChI is InChI=1S/C15H26N2/c1-13(2)12-17(4)11-10-15(16-3)14-8-6-5-7-9-14/h5-9,13,15-16H,10-12H2,1-4H3. The molecule has 0 aliphatic carbocycles. The molecule has 0 radical (unpaired) electrons. The molecule has 0 bridgehead atoms. The third-order valence-electron chi connectivity index (χ3n) is 3.03. The molecule has 0 aliphatic heterocycles. The normalized spacial score (nSPS) is 13.3. The van der Waals surface area contributed by atoms with E-state index in [2.05, 4.69) is 61.4 Å². The highest BCUT2D eigenvalue weighted by Crippen LogP contribution is 2.16. The molecule has 0 fully saturated rings. The van der Waals surface area contributed by atoms with Crippen molar-refractivity contribution >= 4 is 0 Å².